The Labute approximate surface area is 156 Å². The largest absolute Gasteiger partial charge is 0.496 e. The van der Waals surface area contributed by atoms with Crippen LogP contribution in [-0.2, 0) is 11.3 Å². The zero-order chi connectivity index (χ0) is 18.2. The van der Waals surface area contributed by atoms with Crippen molar-refractivity contribution in [2.24, 2.45) is 0 Å². The van der Waals surface area contributed by atoms with Crippen molar-refractivity contribution in [1.82, 2.24) is 15.5 Å². The lowest BCUT2D eigenvalue weighted by Crippen LogP contribution is -2.24. The molecule has 6 heteroatoms. The minimum atomic E-state index is -0.0603. The zero-order valence-corrected chi connectivity index (χ0v) is 15.2. The zero-order valence-electron chi connectivity index (χ0n) is 14.4. The molecule has 0 aliphatic rings. The van der Waals surface area contributed by atoms with Gasteiger partial charge in [-0.15, -0.1) is 10.2 Å². The summed E-state index contributed by atoms with van der Waals surface area (Å²) in [6, 6.07) is 21.3. The predicted molar refractivity (Wildman–Crippen MR) is 103 cm³/mol. The average Bonchev–Trinajstić information content (AvgIpc) is 2.72. The number of ether oxygens (including phenoxy) is 1. The molecule has 5 nitrogen and oxygen atoms in total. The molecular formula is C20H19N3O2S. The van der Waals surface area contributed by atoms with Gasteiger partial charge in [0.2, 0.25) is 5.91 Å². The summed E-state index contributed by atoms with van der Waals surface area (Å²) in [6.07, 6.45) is 0. The van der Waals surface area contributed by atoms with Crippen LogP contribution >= 0.6 is 11.8 Å². The van der Waals surface area contributed by atoms with Gasteiger partial charge in [0.25, 0.3) is 0 Å². The maximum Gasteiger partial charge on any atom is 0.230 e. The van der Waals surface area contributed by atoms with E-state index in [4.69, 9.17) is 4.74 Å². The number of amides is 1. The maximum absolute atomic E-state index is 12.1. The number of rotatable bonds is 7. The van der Waals surface area contributed by atoms with E-state index in [0.29, 0.717) is 6.54 Å². The van der Waals surface area contributed by atoms with E-state index in [1.165, 1.54) is 11.8 Å². The summed E-state index contributed by atoms with van der Waals surface area (Å²) in [5.41, 5.74) is 2.78. The van der Waals surface area contributed by atoms with Gasteiger partial charge in [-0.05, 0) is 18.2 Å². The average molecular weight is 365 g/mol. The van der Waals surface area contributed by atoms with E-state index in [2.05, 4.69) is 15.5 Å². The van der Waals surface area contributed by atoms with E-state index in [1.807, 2.05) is 66.7 Å². The smallest absolute Gasteiger partial charge is 0.230 e. The summed E-state index contributed by atoms with van der Waals surface area (Å²) in [7, 11) is 1.62. The van der Waals surface area contributed by atoms with Crippen molar-refractivity contribution >= 4 is 17.7 Å². The summed E-state index contributed by atoms with van der Waals surface area (Å²) in [4.78, 5) is 12.1. The van der Waals surface area contributed by atoms with Crippen molar-refractivity contribution < 1.29 is 9.53 Å². The molecule has 0 unspecified atom stereocenters. The molecule has 0 saturated carbocycles. The third-order valence-corrected chi connectivity index (χ3v) is 4.65. The molecule has 0 aliphatic heterocycles. The standard InChI is InChI=1S/C20H19N3O2S/c1-25-18-10-6-5-9-16(18)13-21-19(24)14-26-20-12-11-17(22-23-20)15-7-3-2-4-8-15/h2-12H,13-14H2,1H3,(H,21,24). The number of hydrogen-bond donors (Lipinski definition) is 1. The van der Waals surface area contributed by atoms with Crippen molar-refractivity contribution in [2.75, 3.05) is 12.9 Å². The lowest BCUT2D eigenvalue weighted by atomic mass is 10.1. The Morgan fingerprint density at radius 1 is 1.00 bits per heavy atom. The summed E-state index contributed by atoms with van der Waals surface area (Å²) < 4.78 is 5.28. The van der Waals surface area contributed by atoms with Gasteiger partial charge in [-0.2, -0.15) is 0 Å². The van der Waals surface area contributed by atoms with Gasteiger partial charge in [0.15, 0.2) is 0 Å². The summed E-state index contributed by atoms with van der Waals surface area (Å²) >= 11 is 1.36. The molecule has 3 aromatic rings. The minimum absolute atomic E-state index is 0.0603. The number of nitrogens with one attached hydrogen (secondary N) is 1. The number of benzene rings is 2. The fraction of sp³-hybridized carbons (Fsp3) is 0.150. The van der Waals surface area contributed by atoms with E-state index >= 15 is 0 Å². The van der Waals surface area contributed by atoms with Crippen LogP contribution in [0.3, 0.4) is 0 Å². The number of thioether (sulfide) groups is 1. The fourth-order valence-electron chi connectivity index (χ4n) is 2.39. The molecule has 0 radical (unpaired) electrons. The second-order valence-corrected chi connectivity index (χ2v) is 6.50. The number of hydrogen-bond acceptors (Lipinski definition) is 5. The highest BCUT2D eigenvalue weighted by atomic mass is 32.2. The van der Waals surface area contributed by atoms with Crippen LogP contribution in [-0.4, -0.2) is 29.0 Å². The molecule has 2 aromatic carbocycles. The van der Waals surface area contributed by atoms with Gasteiger partial charge < -0.3 is 10.1 Å². The van der Waals surface area contributed by atoms with Crippen molar-refractivity contribution in [2.45, 2.75) is 11.6 Å². The van der Waals surface area contributed by atoms with Gasteiger partial charge in [-0.1, -0.05) is 60.3 Å². The van der Waals surface area contributed by atoms with Gasteiger partial charge in [-0.3, -0.25) is 4.79 Å². The van der Waals surface area contributed by atoms with Crippen molar-refractivity contribution in [3.63, 3.8) is 0 Å². The third kappa shape index (κ3) is 4.83. The first-order valence-electron chi connectivity index (χ1n) is 8.17. The molecule has 0 saturated heterocycles. The van der Waals surface area contributed by atoms with Crippen LogP contribution in [0.1, 0.15) is 5.56 Å². The first-order valence-corrected chi connectivity index (χ1v) is 9.15. The molecule has 26 heavy (non-hydrogen) atoms. The van der Waals surface area contributed by atoms with Crippen LogP contribution in [0.15, 0.2) is 71.8 Å². The first kappa shape index (κ1) is 17.9. The van der Waals surface area contributed by atoms with Crippen LogP contribution in [0.25, 0.3) is 11.3 Å². The number of methoxy groups -OCH3 is 1. The molecule has 0 aliphatic carbocycles. The SMILES string of the molecule is COc1ccccc1CNC(=O)CSc1ccc(-c2ccccc2)nn1. The lowest BCUT2D eigenvalue weighted by molar-refractivity contribution is -0.118. The number of nitrogens with zero attached hydrogens (tertiary/aromatic N) is 2. The van der Waals surface area contributed by atoms with E-state index < -0.39 is 0 Å². The van der Waals surface area contributed by atoms with Crippen LogP contribution in [0.4, 0.5) is 0 Å². The summed E-state index contributed by atoms with van der Waals surface area (Å²) in [5, 5.41) is 12.0. The lowest BCUT2D eigenvalue weighted by Gasteiger charge is -2.09. The second kappa shape index (κ2) is 9.01. The van der Waals surface area contributed by atoms with Crippen LogP contribution in [0.2, 0.25) is 0 Å². The molecule has 1 amide bonds. The molecule has 1 aromatic heterocycles. The maximum atomic E-state index is 12.1. The topological polar surface area (TPSA) is 64.1 Å². The molecule has 0 spiro atoms. The molecule has 0 atom stereocenters. The third-order valence-electron chi connectivity index (χ3n) is 3.73. The minimum Gasteiger partial charge on any atom is -0.496 e. The number of carbonyl (C=O) groups excluding carboxylic acids is 1. The Balaban J connectivity index is 1.50. The highest BCUT2D eigenvalue weighted by molar-refractivity contribution is 7.99. The van der Waals surface area contributed by atoms with E-state index in [0.717, 1.165) is 27.6 Å². The van der Waals surface area contributed by atoms with Crippen LogP contribution in [0, 0.1) is 0 Å². The monoisotopic (exact) mass is 365 g/mol. The molecule has 0 fully saturated rings. The quantitative estimate of drug-likeness (QED) is 0.649. The van der Waals surface area contributed by atoms with Crippen LogP contribution in [0.5, 0.6) is 5.75 Å². The van der Waals surface area contributed by atoms with Gasteiger partial charge in [0, 0.05) is 17.7 Å². The Morgan fingerprint density at radius 2 is 1.77 bits per heavy atom. The van der Waals surface area contributed by atoms with Crippen molar-refractivity contribution in [3.8, 4) is 17.0 Å². The molecule has 1 N–H and O–H groups in total. The van der Waals surface area contributed by atoms with Gasteiger partial charge in [0.05, 0.1) is 18.6 Å². The Kier molecular flexibility index (Phi) is 6.22. The molecule has 1 heterocycles. The number of carbonyl (C=O) groups is 1. The van der Waals surface area contributed by atoms with E-state index in [9.17, 15) is 4.79 Å². The summed E-state index contributed by atoms with van der Waals surface area (Å²) in [5.74, 6) is 0.992. The summed E-state index contributed by atoms with van der Waals surface area (Å²) in [6.45, 7) is 0.433. The Hall–Kier alpha value is -2.86. The van der Waals surface area contributed by atoms with E-state index in [-0.39, 0.29) is 11.7 Å². The Bertz CT molecular complexity index is 854. The predicted octanol–water partition coefficient (Wildman–Crippen LogP) is 3.56. The van der Waals surface area contributed by atoms with Gasteiger partial charge in [0.1, 0.15) is 10.8 Å². The first-order chi connectivity index (χ1) is 12.8. The van der Waals surface area contributed by atoms with E-state index in [1.54, 1.807) is 7.11 Å². The molecule has 132 valence electrons. The number of aromatic nitrogens is 2. The number of para-hydroxylation sites is 1. The van der Waals surface area contributed by atoms with Crippen molar-refractivity contribution in [3.05, 3.63) is 72.3 Å². The van der Waals surface area contributed by atoms with Crippen LogP contribution < -0.4 is 10.1 Å². The van der Waals surface area contributed by atoms with Gasteiger partial charge >= 0.3 is 0 Å². The van der Waals surface area contributed by atoms with Gasteiger partial charge in [-0.25, -0.2) is 0 Å². The van der Waals surface area contributed by atoms with Crippen molar-refractivity contribution in [1.29, 1.82) is 0 Å². The second-order valence-electron chi connectivity index (χ2n) is 5.50. The highest BCUT2D eigenvalue weighted by Crippen LogP contribution is 2.20. The molecule has 0 bridgehead atoms. The Morgan fingerprint density at radius 3 is 2.50 bits per heavy atom. The highest BCUT2D eigenvalue weighted by Gasteiger charge is 2.07. The molecular weight excluding hydrogens is 346 g/mol. The normalized spacial score (nSPS) is 10.3. The molecule has 3 rings (SSSR count). The fourth-order valence-corrected chi connectivity index (χ4v) is 3.04.